The maximum Gasteiger partial charge on any atom is 0.226 e. The van der Waals surface area contributed by atoms with Gasteiger partial charge < -0.3 is 5.32 Å². The first-order valence-electron chi connectivity index (χ1n) is 9.18. The van der Waals surface area contributed by atoms with Crippen LogP contribution in [0.15, 0.2) is 30.3 Å². The molecule has 0 spiro atoms. The highest BCUT2D eigenvalue weighted by atomic mass is 35.5. The maximum absolute atomic E-state index is 13.2. The van der Waals surface area contributed by atoms with Gasteiger partial charge in [0, 0.05) is 21.9 Å². The lowest BCUT2D eigenvalue weighted by Crippen LogP contribution is -2.28. The molecule has 1 atom stereocenters. The zero-order valence-electron chi connectivity index (χ0n) is 15.9. The van der Waals surface area contributed by atoms with Gasteiger partial charge in [-0.05, 0) is 50.1 Å². The molecule has 7 heteroatoms. The molecule has 3 aromatic rings. The molecule has 3 heterocycles. The summed E-state index contributed by atoms with van der Waals surface area (Å²) in [6.45, 7) is 5.85. The summed E-state index contributed by atoms with van der Waals surface area (Å²) in [6.07, 6.45) is 1.02. The fraction of sp³-hybridized carbons (Fsp3) is 0.286. The largest absolute Gasteiger partial charge is 0.310 e. The number of halogens is 1. The monoisotopic (exact) mass is 413 g/mol. The summed E-state index contributed by atoms with van der Waals surface area (Å²) >= 11 is 7.77. The Morgan fingerprint density at radius 2 is 2.11 bits per heavy atom. The van der Waals surface area contributed by atoms with Gasteiger partial charge in [0.05, 0.1) is 22.2 Å². The van der Waals surface area contributed by atoms with Gasteiger partial charge in [0.2, 0.25) is 5.91 Å². The normalized spacial score (nSPS) is 16.0. The fourth-order valence-electron chi connectivity index (χ4n) is 3.64. The third-order valence-electron chi connectivity index (χ3n) is 5.14. The molecule has 1 aliphatic rings. The van der Waals surface area contributed by atoms with Crippen molar-refractivity contribution in [2.45, 2.75) is 39.5 Å². The van der Waals surface area contributed by atoms with E-state index in [0.29, 0.717) is 15.7 Å². The molecule has 5 nitrogen and oxygen atoms in total. The molecule has 0 saturated heterocycles. The Morgan fingerprint density at radius 1 is 1.32 bits per heavy atom. The van der Waals surface area contributed by atoms with Crippen LogP contribution in [0.1, 0.15) is 50.6 Å². The molecule has 1 amide bonds. The Labute approximate surface area is 172 Å². The lowest BCUT2D eigenvalue weighted by Gasteiger charge is -2.23. The first-order chi connectivity index (χ1) is 13.4. The number of hydrogen-bond donors (Lipinski definition) is 1. The molecule has 28 heavy (non-hydrogen) atoms. The van der Waals surface area contributed by atoms with E-state index in [2.05, 4.69) is 17.3 Å². The number of nitrogens with one attached hydrogen (secondary N) is 1. The van der Waals surface area contributed by atoms with Crippen LogP contribution in [0, 0.1) is 13.8 Å². The predicted molar refractivity (Wildman–Crippen MR) is 112 cm³/mol. The van der Waals surface area contributed by atoms with Gasteiger partial charge in [-0.2, -0.15) is 5.10 Å². The molecular formula is C21H20ClN3O2S. The Morgan fingerprint density at radius 3 is 2.82 bits per heavy atom. The molecule has 0 fully saturated rings. The first-order valence-corrected chi connectivity index (χ1v) is 10.4. The number of anilines is 1. The Balaban J connectivity index is 1.83. The number of Topliss-reactive ketones (excluding diaryl/α,β-unsaturated/α-hetero) is 1. The number of amides is 1. The van der Waals surface area contributed by atoms with E-state index in [9.17, 15) is 9.59 Å². The van der Waals surface area contributed by atoms with E-state index in [1.54, 1.807) is 4.68 Å². The van der Waals surface area contributed by atoms with E-state index >= 15 is 0 Å². The van der Waals surface area contributed by atoms with Gasteiger partial charge in [0.1, 0.15) is 5.82 Å². The second kappa shape index (κ2) is 7.18. The van der Waals surface area contributed by atoms with Crippen LogP contribution in [0.25, 0.3) is 5.69 Å². The third kappa shape index (κ3) is 3.06. The van der Waals surface area contributed by atoms with Crippen LogP contribution < -0.4 is 5.32 Å². The van der Waals surface area contributed by atoms with E-state index in [-0.39, 0.29) is 18.1 Å². The number of benzene rings is 1. The first kappa shape index (κ1) is 18.9. The standard InChI is InChI=1S/C21H20ClN3O2S/c1-4-13-8-9-17(28-13)20(27)14-10-18(26)23-21-19(14)12(3)24-25(21)16-7-5-6-15(22)11(16)2/h5-9,14H,4,10H2,1-3H3,(H,23,26). The molecular weight excluding hydrogens is 394 g/mol. The van der Waals surface area contributed by atoms with E-state index in [0.717, 1.165) is 33.8 Å². The van der Waals surface area contributed by atoms with Crippen molar-refractivity contribution in [2.75, 3.05) is 5.32 Å². The zero-order valence-corrected chi connectivity index (χ0v) is 17.4. The van der Waals surface area contributed by atoms with Gasteiger partial charge >= 0.3 is 0 Å². The fourth-order valence-corrected chi connectivity index (χ4v) is 4.75. The van der Waals surface area contributed by atoms with Crippen molar-refractivity contribution < 1.29 is 9.59 Å². The van der Waals surface area contributed by atoms with E-state index in [1.807, 2.05) is 44.2 Å². The number of rotatable bonds is 4. The van der Waals surface area contributed by atoms with Gasteiger partial charge in [-0.25, -0.2) is 4.68 Å². The molecule has 2 aromatic heterocycles. The number of aryl methyl sites for hydroxylation is 2. The van der Waals surface area contributed by atoms with Crippen molar-refractivity contribution in [3.8, 4) is 5.69 Å². The van der Waals surface area contributed by atoms with Crippen LogP contribution in [-0.2, 0) is 11.2 Å². The van der Waals surface area contributed by atoms with Crippen LogP contribution in [0.4, 0.5) is 5.82 Å². The number of nitrogens with zero attached hydrogens (tertiary/aromatic N) is 2. The topological polar surface area (TPSA) is 64.0 Å². The lowest BCUT2D eigenvalue weighted by atomic mass is 9.87. The summed E-state index contributed by atoms with van der Waals surface area (Å²) < 4.78 is 1.69. The van der Waals surface area contributed by atoms with Crippen LogP contribution in [-0.4, -0.2) is 21.5 Å². The molecule has 1 aliphatic heterocycles. The van der Waals surface area contributed by atoms with Crippen molar-refractivity contribution in [3.63, 3.8) is 0 Å². The number of aromatic nitrogens is 2. The average molecular weight is 414 g/mol. The van der Waals surface area contributed by atoms with Crippen molar-refractivity contribution in [1.29, 1.82) is 0 Å². The number of fused-ring (bicyclic) bond motifs is 1. The van der Waals surface area contributed by atoms with E-state index in [1.165, 1.54) is 11.3 Å². The number of ketones is 1. The molecule has 1 aromatic carbocycles. The van der Waals surface area contributed by atoms with E-state index in [4.69, 9.17) is 11.6 Å². The molecule has 1 N–H and O–H groups in total. The minimum atomic E-state index is -0.527. The molecule has 0 radical (unpaired) electrons. The molecule has 0 saturated carbocycles. The minimum Gasteiger partial charge on any atom is -0.310 e. The lowest BCUT2D eigenvalue weighted by molar-refractivity contribution is -0.116. The van der Waals surface area contributed by atoms with Crippen molar-refractivity contribution in [1.82, 2.24) is 9.78 Å². The van der Waals surface area contributed by atoms with Crippen molar-refractivity contribution >= 4 is 40.4 Å². The van der Waals surface area contributed by atoms with Crippen molar-refractivity contribution in [3.05, 3.63) is 61.9 Å². The number of carbonyl (C=O) groups excluding carboxylic acids is 2. The molecule has 144 valence electrons. The summed E-state index contributed by atoms with van der Waals surface area (Å²) in [5, 5.41) is 8.18. The predicted octanol–water partition coefficient (Wildman–Crippen LogP) is 5.08. The minimum absolute atomic E-state index is 0.0220. The quantitative estimate of drug-likeness (QED) is 0.607. The van der Waals surface area contributed by atoms with Gasteiger partial charge in [-0.15, -0.1) is 11.3 Å². The second-order valence-corrected chi connectivity index (χ2v) is 8.51. The summed E-state index contributed by atoms with van der Waals surface area (Å²) in [4.78, 5) is 27.5. The molecule has 0 bridgehead atoms. The Kier molecular flexibility index (Phi) is 4.85. The number of hydrogen-bond acceptors (Lipinski definition) is 4. The number of thiophene rings is 1. The zero-order chi connectivity index (χ0) is 20.0. The van der Waals surface area contributed by atoms with Gasteiger partial charge in [-0.1, -0.05) is 24.6 Å². The average Bonchev–Trinajstić information content (AvgIpc) is 3.28. The van der Waals surface area contributed by atoms with E-state index < -0.39 is 5.92 Å². The SMILES string of the molecule is CCc1ccc(C(=O)C2CC(=O)Nc3c2c(C)nn3-c2cccc(Cl)c2C)s1. The Hall–Kier alpha value is -2.44. The summed E-state index contributed by atoms with van der Waals surface area (Å²) in [5.41, 5.74) is 3.17. The summed E-state index contributed by atoms with van der Waals surface area (Å²) in [5.74, 6) is -0.171. The van der Waals surface area contributed by atoms with Crippen LogP contribution in [0.2, 0.25) is 5.02 Å². The highest BCUT2D eigenvalue weighted by molar-refractivity contribution is 7.14. The third-order valence-corrected chi connectivity index (χ3v) is 6.79. The Bertz CT molecular complexity index is 1100. The van der Waals surface area contributed by atoms with Crippen molar-refractivity contribution in [2.24, 2.45) is 0 Å². The maximum atomic E-state index is 13.2. The molecule has 1 unspecified atom stereocenters. The van der Waals surface area contributed by atoms with Crippen LogP contribution in [0.5, 0.6) is 0 Å². The highest BCUT2D eigenvalue weighted by Gasteiger charge is 2.37. The molecule has 4 rings (SSSR count). The highest BCUT2D eigenvalue weighted by Crippen LogP contribution is 2.40. The summed E-state index contributed by atoms with van der Waals surface area (Å²) in [7, 11) is 0. The van der Waals surface area contributed by atoms with Crippen LogP contribution in [0.3, 0.4) is 0 Å². The second-order valence-electron chi connectivity index (χ2n) is 6.93. The summed E-state index contributed by atoms with van der Waals surface area (Å²) in [6, 6.07) is 9.40. The van der Waals surface area contributed by atoms with Gasteiger partial charge in [0.25, 0.3) is 0 Å². The smallest absolute Gasteiger partial charge is 0.226 e. The molecule has 0 aliphatic carbocycles. The van der Waals surface area contributed by atoms with Gasteiger partial charge in [-0.3, -0.25) is 9.59 Å². The number of carbonyl (C=O) groups is 2. The van der Waals surface area contributed by atoms with Gasteiger partial charge in [0.15, 0.2) is 5.78 Å². The van der Waals surface area contributed by atoms with Crippen LogP contribution >= 0.6 is 22.9 Å².